The number of carbonyl (C=O) groups is 2. The first-order valence-corrected chi connectivity index (χ1v) is 11.1. The molecule has 1 heterocycles. The van der Waals surface area contributed by atoms with Gasteiger partial charge in [-0.25, -0.2) is 9.37 Å². The molecule has 1 unspecified atom stereocenters. The number of fused-ring (bicyclic) bond motifs is 2. The van der Waals surface area contributed by atoms with E-state index in [1.54, 1.807) is 0 Å². The van der Waals surface area contributed by atoms with E-state index in [0.29, 0.717) is 18.5 Å². The molecule has 3 aliphatic carbocycles. The number of aliphatic hydroxyl groups excluding tert-OH is 1. The summed E-state index contributed by atoms with van der Waals surface area (Å²) >= 11 is 5.61. The van der Waals surface area contributed by atoms with Crippen molar-refractivity contribution in [2.45, 2.75) is 37.1 Å². The third-order valence-corrected chi connectivity index (χ3v) is 6.00. The molecule has 5 rings (SSSR count). The number of amides is 2. The predicted molar refractivity (Wildman–Crippen MR) is 118 cm³/mol. The molecular weight excluding hydrogens is 510 g/mol. The van der Waals surface area contributed by atoms with Crippen LogP contribution in [0.2, 0.25) is 5.02 Å². The fraction of sp³-hybridized carbons (Fsp3) is 0.348. The number of ether oxygens (including phenoxy) is 2. The lowest BCUT2D eigenvalue weighted by atomic mass is 9.63. The number of rotatable bonds is 8. The van der Waals surface area contributed by atoms with Crippen LogP contribution in [-0.2, 0) is 4.79 Å². The molecule has 0 saturated heterocycles. The fourth-order valence-electron chi connectivity index (χ4n) is 4.09. The summed E-state index contributed by atoms with van der Waals surface area (Å²) < 4.78 is 59.9. The summed E-state index contributed by atoms with van der Waals surface area (Å²) in [5, 5.41) is 15.9. The minimum absolute atomic E-state index is 0.0760. The Balaban J connectivity index is 1.30. The smallest absolute Gasteiger partial charge is 0.422 e. The number of hydrogen-bond donors (Lipinski definition) is 3. The molecule has 36 heavy (non-hydrogen) atoms. The summed E-state index contributed by atoms with van der Waals surface area (Å²) in [6.07, 6.45) is -3.51. The Hall–Kier alpha value is -3.38. The number of benzene rings is 1. The molecule has 1 fully saturated rings. The normalized spacial score (nSPS) is 20.9. The van der Waals surface area contributed by atoms with Gasteiger partial charge in [-0.2, -0.15) is 13.2 Å². The molecule has 1 aromatic heterocycles. The van der Waals surface area contributed by atoms with Crippen molar-refractivity contribution in [3.8, 4) is 11.6 Å². The lowest BCUT2D eigenvalue weighted by Crippen LogP contribution is -2.61. The van der Waals surface area contributed by atoms with Crippen LogP contribution in [0.3, 0.4) is 0 Å². The van der Waals surface area contributed by atoms with Crippen molar-refractivity contribution in [2.75, 3.05) is 13.2 Å². The number of carbonyl (C=O) groups excluding carboxylic acids is 2. The monoisotopic (exact) mass is 529 g/mol. The molecular formula is C23H20ClF4N3O5. The van der Waals surface area contributed by atoms with E-state index in [4.69, 9.17) is 16.3 Å². The molecule has 13 heteroatoms. The van der Waals surface area contributed by atoms with E-state index < -0.39 is 48.7 Å². The van der Waals surface area contributed by atoms with Crippen LogP contribution in [0.4, 0.5) is 17.6 Å². The first-order valence-electron chi connectivity index (χ1n) is 10.7. The van der Waals surface area contributed by atoms with E-state index >= 15 is 0 Å². The summed E-state index contributed by atoms with van der Waals surface area (Å²) in [5.41, 5.74) is 0.498. The van der Waals surface area contributed by atoms with Crippen LogP contribution in [0.25, 0.3) is 0 Å². The first-order chi connectivity index (χ1) is 16.9. The van der Waals surface area contributed by atoms with Gasteiger partial charge in [-0.1, -0.05) is 11.6 Å². The number of alkyl halides is 3. The lowest BCUT2D eigenvalue weighted by Gasteiger charge is -2.51. The fourth-order valence-corrected chi connectivity index (χ4v) is 4.21. The van der Waals surface area contributed by atoms with Crippen molar-refractivity contribution in [1.29, 1.82) is 0 Å². The van der Waals surface area contributed by atoms with E-state index in [9.17, 15) is 32.3 Å². The second kappa shape index (κ2) is 9.94. The van der Waals surface area contributed by atoms with Crippen molar-refractivity contribution in [2.24, 2.45) is 0 Å². The standard InChI is InChI=1S/C23H20ClF4N3O5/c24-15-3-2-14(5-16(15)25)35-10-18(33)30-20-13-6-22(7-13,8-17(20)32)31-21(34)12-1-4-19(29-9-12)36-11-23(26,27)28/h1-5,9,17,32H,6-8,10-11H2,(H,30,33)(H,31,34). The summed E-state index contributed by atoms with van der Waals surface area (Å²) in [6.45, 7) is -1.91. The van der Waals surface area contributed by atoms with E-state index in [2.05, 4.69) is 20.4 Å². The van der Waals surface area contributed by atoms with Crippen molar-refractivity contribution in [3.63, 3.8) is 0 Å². The Morgan fingerprint density at radius 1 is 1.19 bits per heavy atom. The van der Waals surface area contributed by atoms with Gasteiger partial charge in [-0.3, -0.25) is 9.59 Å². The van der Waals surface area contributed by atoms with E-state index in [1.165, 1.54) is 18.2 Å². The highest BCUT2D eigenvalue weighted by atomic mass is 35.5. The quantitative estimate of drug-likeness (QED) is 0.453. The maximum absolute atomic E-state index is 13.5. The van der Waals surface area contributed by atoms with Gasteiger partial charge in [-0.15, -0.1) is 0 Å². The van der Waals surface area contributed by atoms with Gasteiger partial charge >= 0.3 is 6.18 Å². The maximum atomic E-state index is 13.5. The van der Waals surface area contributed by atoms with Crippen LogP contribution in [0.15, 0.2) is 47.8 Å². The summed E-state index contributed by atoms with van der Waals surface area (Å²) in [5.74, 6) is -1.89. The largest absolute Gasteiger partial charge is 0.484 e. The average molecular weight is 530 g/mol. The van der Waals surface area contributed by atoms with E-state index in [0.717, 1.165) is 23.9 Å². The van der Waals surface area contributed by atoms with Gasteiger partial charge in [-0.05, 0) is 36.6 Å². The van der Waals surface area contributed by atoms with Gasteiger partial charge in [0.05, 0.1) is 22.2 Å². The SMILES string of the molecule is O=C(COc1ccc(Cl)c(F)c1)NC1=C2CC(NC(=O)c3ccc(OCC(F)(F)F)nc3)(C2)CC1O. The second-order valence-corrected chi connectivity index (χ2v) is 8.93. The predicted octanol–water partition coefficient (Wildman–Crippen LogP) is 3.29. The highest BCUT2D eigenvalue weighted by Crippen LogP contribution is 2.48. The molecule has 3 N–H and O–H groups in total. The third-order valence-electron chi connectivity index (χ3n) is 5.70. The zero-order valence-electron chi connectivity index (χ0n) is 18.5. The number of hydrogen-bond acceptors (Lipinski definition) is 6. The molecule has 3 aliphatic rings. The van der Waals surface area contributed by atoms with Crippen LogP contribution in [0.5, 0.6) is 11.6 Å². The Bertz CT molecular complexity index is 1200. The van der Waals surface area contributed by atoms with Crippen LogP contribution < -0.4 is 20.1 Å². The van der Waals surface area contributed by atoms with Crippen LogP contribution in [-0.4, -0.2) is 52.9 Å². The number of aromatic nitrogens is 1. The number of nitrogens with one attached hydrogen (secondary N) is 2. The van der Waals surface area contributed by atoms with Gasteiger partial charge in [0.25, 0.3) is 11.8 Å². The number of nitrogens with zero attached hydrogens (tertiary/aromatic N) is 1. The zero-order valence-corrected chi connectivity index (χ0v) is 19.3. The highest BCUT2D eigenvalue weighted by molar-refractivity contribution is 6.30. The van der Waals surface area contributed by atoms with Crippen LogP contribution >= 0.6 is 11.6 Å². The van der Waals surface area contributed by atoms with Gasteiger partial charge in [0.2, 0.25) is 5.88 Å². The molecule has 1 aromatic carbocycles. The van der Waals surface area contributed by atoms with Gasteiger partial charge in [0, 0.05) is 30.4 Å². The Labute approximate surface area is 207 Å². The van der Waals surface area contributed by atoms with Crippen molar-refractivity contribution < 1.29 is 41.7 Å². The van der Waals surface area contributed by atoms with E-state index in [-0.39, 0.29) is 28.6 Å². The molecule has 2 amide bonds. The second-order valence-electron chi connectivity index (χ2n) is 8.53. The number of halogens is 5. The molecule has 2 aromatic rings. The van der Waals surface area contributed by atoms with Gasteiger partial charge in [0.1, 0.15) is 11.6 Å². The molecule has 0 spiro atoms. The Morgan fingerprint density at radius 2 is 1.94 bits per heavy atom. The number of pyridine rings is 1. The minimum Gasteiger partial charge on any atom is -0.484 e. The van der Waals surface area contributed by atoms with Gasteiger partial charge in [0.15, 0.2) is 13.2 Å². The molecule has 2 bridgehead atoms. The molecule has 1 atom stereocenters. The van der Waals surface area contributed by atoms with Crippen LogP contribution in [0.1, 0.15) is 29.6 Å². The minimum atomic E-state index is -4.50. The Morgan fingerprint density at radius 3 is 2.56 bits per heavy atom. The number of aliphatic hydroxyl groups is 1. The van der Waals surface area contributed by atoms with E-state index in [1.807, 2.05) is 0 Å². The molecule has 192 valence electrons. The topological polar surface area (TPSA) is 110 Å². The summed E-state index contributed by atoms with van der Waals surface area (Å²) in [7, 11) is 0. The van der Waals surface area contributed by atoms with Crippen molar-refractivity contribution in [3.05, 3.63) is 64.2 Å². The summed E-state index contributed by atoms with van der Waals surface area (Å²) in [4.78, 5) is 28.6. The molecule has 0 radical (unpaired) electrons. The van der Waals surface area contributed by atoms with Crippen LogP contribution in [0, 0.1) is 5.82 Å². The molecule has 1 saturated carbocycles. The highest BCUT2D eigenvalue weighted by Gasteiger charge is 2.50. The maximum Gasteiger partial charge on any atom is 0.422 e. The molecule has 0 aliphatic heterocycles. The third kappa shape index (κ3) is 6.05. The van der Waals surface area contributed by atoms with Crippen molar-refractivity contribution >= 4 is 23.4 Å². The van der Waals surface area contributed by atoms with Crippen molar-refractivity contribution in [1.82, 2.24) is 15.6 Å². The molecule has 8 nitrogen and oxygen atoms in total. The zero-order chi connectivity index (χ0) is 26.1. The Kier molecular flexibility index (Phi) is 7.10. The average Bonchev–Trinajstić information content (AvgIpc) is 2.79. The lowest BCUT2D eigenvalue weighted by molar-refractivity contribution is -0.154. The van der Waals surface area contributed by atoms with Gasteiger partial charge < -0.3 is 25.2 Å². The first kappa shape index (κ1) is 25.7. The summed E-state index contributed by atoms with van der Waals surface area (Å²) in [6, 6.07) is 6.21.